The van der Waals surface area contributed by atoms with E-state index in [-0.39, 0.29) is 0 Å². The van der Waals surface area contributed by atoms with Crippen molar-refractivity contribution in [1.82, 2.24) is 4.98 Å². The standard InChI is InChI=1S/C16H19N3O/c1-11(2)13-7-5-12(6-8-13)10-19-16-14(15(17)20)4-3-9-18-16/h3-9,11H,10H2,1-2H3,(H2,17,20)(H,18,19). The maximum absolute atomic E-state index is 11.3. The summed E-state index contributed by atoms with van der Waals surface area (Å²) in [6.07, 6.45) is 1.64. The highest BCUT2D eigenvalue weighted by Gasteiger charge is 2.08. The molecule has 2 aromatic rings. The minimum absolute atomic E-state index is 0.409. The van der Waals surface area contributed by atoms with Gasteiger partial charge >= 0.3 is 0 Å². The summed E-state index contributed by atoms with van der Waals surface area (Å²) in [5.74, 6) is 0.568. The van der Waals surface area contributed by atoms with E-state index in [0.717, 1.165) is 5.56 Å². The molecule has 3 N–H and O–H groups in total. The van der Waals surface area contributed by atoms with E-state index in [1.54, 1.807) is 18.3 Å². The lowest BCUT2D eigenvalue weighted by Crippen LogP contribution is -2.15. The molecule has 20 heavy (non-hydrogen) atoms. The molecule has 0 saturated carbocycles. The van der Waals surface area contributed by atoms with Crippen LogP contribution in [0.1, 0.15) is 41.3 Å². The second-order valence-corrected chi connectivity index (χ2v) is 5.01. The second kappa shape index (κ2) is 6.19. The number of amides is 1. The van der Waals surface area contributed by atoms with Gasteiger partial charge < -0.3 is 11.1 Å². The van der Waals surface area contributed by atoms with Gasteiger partial charge in [0.15, 0.2) is 0 Å². The van der Waals surface area contributed by atoms with Gasteiger partial charge in [-0.2, -0.15) is 0 Å². The number of nitrogens with one attached hydrogen (secondary N) is 1. The summed E-state index contributed by atoms with van der Waals surface area (Å²) in [5, 5.41) is 3.15. The van der Waals surface area contributed by atoms with Gasteiger partial charge in [-0.3, -0.25) is 4.79 Å². The minimum atomic E-state index is -0.476. The maximum atomic E-state index is 11.3. The molecule has 4 heteroatoms. The van der Waals surface area contributed by atoms with Gasteiger partial charge in [0.1, 0.15) is 5.82 Å². The number of benzene rings is 1. The van der Waals surface area contributed by atoms with Crippen molar-refractivity contribution in [1.29, 1.82) is 0 Å². The first-order valence-electron chi connectivity index (χ1n) is 6.65. The molecule has 0 saturated heterocycles. The van der Waals surface area contributed by atoms with Gasteiger partial charge in [0.2, 0.25) is 0 Å². The molecule has 1 amide bonds. The van der Waals surface area contributed by atoms with Gasteiger partial charge in [0, 0.05) is 12.7 Å². The monoisotopic (exact) mass is 269 g/mol. The van der Waals surface area contributed by atoms with Crippen LogP contribution in [0.5, 0.6) is 0 Å². The van der Waals surface area contributed by atoms with Gasteiger partial charge in [0.05, 0.1) is 5.56 Å². The van der Waals surface area contributed by atoms with Crippen LogP contribution in [-0.4, -0.2) is 10.9 Å². The van der Waals surface area contributed by atoms with Crippen LogP contribution in [0.3, 0.4) is 0 Å². The zero-order valence-corrected chi connectivity index (χ0v) is 11.8. The van der Waals surface area contributed by atoms with Crippen LogP contribution in [0.15, 0.2) is 42.6 Å². The highest BCUT2D eigenvalue weighted by molar-refractivity contribution is 5.97. The van der Waals surface area contributed by atoms with E-state index >= 15 is 0 Å². The highest BCUT2D eigenvalue weighted by Crippen LogP contribution is 2.16. The van der Waals surface area contributed by atoms with Crippen LogP contribution in [0, 0.1) is 0 Å². The SMILES string of the molecule is CC(C)c1ccc(CNc2ncccc2C(N)=O)cc1. The van der Waals surface area contributed by atoms with Crippen LogP contribution in [-0.2, 0) is 6.54 Å². The van der Waals surface area contributed by atoms with Crippen LogP contribution >= 0.6 is 0 Å². The van der Waals surface area contributed by atoms with Crippen molar-refractivity contribution >= 4 is 11.7 Å². The molecule has 0 aliphatic rings. The first-order valence-corrected chi connectivity index (χ1v) is 6.65. The first-order chi connectivity index (χ1) is 9.58. The Morgan fingerprint density at radius 2 is 1.95 bits per heavy atom. The molecular formula is C16H19N3O. The number of carbonyl (C=O) groups excluding carboxylic acids is 1. The topological polar surface area (TPSA) is 68.0 Å². The van der Waals surface area contributed by atoms with Crippen molar-refractivity contribution in [3.63, 3.8) is 0 Å². The third kappa shape index (κ3) is 3.35. The number of nitrogens with zero attached hydrogens (tertiary/aromatic N) is 1. The van der Waals surface area contributed by atoms with Crippen molar-refractivity contribution in [3.8, 4) is 0 Å². The number of aromatic nitrogens is 1. The van der Waals surface area contributed by atoms with Gasteiger partial charge in [-0.25, -0.2) is 4.98 Å². The van der Waals surface area contributed by atoms with Crippen LogP contribution in [0.25, 0.3) is 0 Å². The molecule has 104 valence electrons. The lowest BCUT2D eigenvalue weighted by molar-refractivity contribution is 0.100. The van der Waals surface area contributed by atoms with Crippen molar-refractivity contribution in [2.45, 2.75) is 26.3 Å². The summed E-state index contributed by atoms with van der Waals surface area (Å²) in [5.41, 5.74) is 8.17. The number of carbonyl (C=O) groups is 1. The molecule has 4 nitrogen and oxygen atoms in total. The average Bonchev–Trinajstić information content (AvgIpc) is 2.45. The Morgan fingerprint density at radius 1 is 1.25 bits per heavy atom. The number of pyridine rings is 1. The third-order valence-corrected chi connectivity index (χ3v) is 3.18. The van der Waals surface area contributed by atoms with Crippen molar-refractivity contribution < 1.29 is 4.79 Å². The zero-order chi connectivity index (χ0) is 14.5. The molecule has 1 aromatic carbocycles. The Morgan fingerprint density at radius 3 is 2.55 bits per heavy atom. The second-order valence-electron chi connectivity index (χ2n) is 5.01. The Labute approximate surface area is 119 Å². The fraction of sp³-hybridized carbons (Fsp3) is 0.250. The zero-order valence-electron chi connectivity index (χ0n) is 11.8. The summed E-state index contributed by atoms with van der Waals surface area (Å²) in [7, 11) is 0. The van der Waals surface area contributed by atoms with E-state index in [0.29, 0.717) is 23.8 Å². The molecule has 0 aliphatic carbocycles. The molecule has 0 spiro atoms. The summed E-state index contributed by atoms with van der Waals surface area (Å²) in [4.78, 5) is 15.4. The van der Waals surface area contributed by atoms with Gasteiger partial charge in [-0.05, 0) is 29.2 Å². The molecule has 0 unspecified atom stereocenters. The Hall–Kier alpha value is -2.36. The van der Waals surface area contributed by atoms with E-state index in [1.165, 1.54) is 5.56 Å². The van der Waals surface area contributed by atoms with E-state index in [2.05, 4.69) is 48.4 Å². The van der Waals surface area contributed by atoms with E-state index < -0.39 is 5.91 Å². The molecular weight excluding hydrogens is 250 g/mol. The molecule has 2 rings (SSSR count). The van der Waals surface area contributed by atoms with Gasteiger partial charge in [-0.15, -0.1) is 0 Å². The van der Waals surface area contributed by atoms with Crippen LogP contribution in [0.2, 0.25) is 0 Å². The first kappa shape index (κ1) is 14.1. The Balaban J connectivity index is 2.07. The van der Waals surface area contributed by atoms with Crippen LogP contribution < -0.4 is 11.1 Å². The largest absolute Gasteiger partial charge is 0.365 e. The molecule has 1 aromatic heterocycles. The predicted octanol–water partition coefficient (Wildman–Crippen LogP) is 2.92. The van der Waals surface area contributed by atoms with Crippen molar-refractivity contribution in [2.24, 2.45) is 5.73 Å². The molecule has 0 bridgehead atoms. The normalized spacial score (nSPS) is 10.6. The summed E-state index contributed by atoms with van der Waals surface area (Å²) < 4.78 is 0. The van der Waals surface area contributed by atoms with Gasteiger partial charge in [-0.1, -0.05) is 38.1 Å². The summed E-state index contributed by atoms with van der Waals surface area (Å²) >= 11 is 0. The molecule has 1 heterocycles. The average molecular weight is 269 g/mol. The highest BCUT2D eigenvalue weighted by atomic mass is 16.1. The molecule has 0 radical (unpaired) electrons. The van der Waals surface area contributed by atoms with Crippen LogP contribution in [0.4, 0.5) is 5.82 Å². The Bertz CT molecular complexity index is 591. The fourth-order valence-electron chi connectivity index (χ4n) is 1.95. The molecule has 0 atom stereocenters. The Kier molecular flexibility index (Phi) is 4.35. The number of rotatable bonds is 5. The number of anilines is 1. The smallest absolute Gasteiger partial charge is 0.252 e. The maximum Gasteiger partial charge on any atom is 0.252 e. The predicted molar refractivity (Wildman–Crippen MR) is 80.6 cm³/mol. The summed E-state index contributed by atoms with van der Waals surface area (Å²) in [6.45, 7) is 4.94. The fourth-order valence-corrected chi connectivity index (χ4v) is 1.95. The number of hydrogen-bond donors (Lipinski definition) is 2. The third-order valence-electron chi connectivity index (χ3n) is 3.18. The minimum Gasteiger partial charge on any atom is -0.365 e. The molecule has 0 aliphatic heterocycles. The van der Waals surface area contributed by atoms with Gasteiger partial charge in [0.25, 0.3) is 5.91 Å². The lowest BCUT2D eigenvalue weighted by Gasteiger charge is -2.10. The number of hydrogen-bond acceptors (Lipinski definition) is 3. The van der Waals surface area contributed by atoms with E-state index in [9.17, 15) is 4.79 Å². The quantitative estimate of drug-likeness (QED) is 0.877. The molecule has 0 fully saturated rings. The van der Waals surface area contributed by atoms with E-state index in [1.807, 2.05) is 0 Å². The van der Waals surface area contributed by atoms with Crippen molar-refractivity contribution in [3.05, 3.63) is 59.3 Å². The lowest BCUT2D eigenvalue weighted by atomic mass is 10.0. The number of primary amides is 1. The van der Waals surface area contributed by atoms with E-state index in [4.69, 9.17) is 5.73 Å². The van der Waals surface area contributed by atoms with Crippen molar-refractivity contribution in [2.75, 3.05) is 5.32 Å². The summed E-state index contributed by atoms with van der Waals surface area (Å²) in [6, 6.07) is 11.8. The number of nitrogens with two attached hydrogens (primary N) is 1.